The molecule has 0 aliphatic rings. The third kappa shape index (κ3) is 4.92. The monoisotopic (exact) mass is 431 g/mol. The molecule has 0 fully saturated rings. The lowest BCUT2D eigenvalue weighted by atomic mass is 10.2. The van der Waals surface area contributed by atoms with Gasteiger partial charge in [0.1, 0.15) is 5.82 Å². The van der Waals surface area contributed by atoms with Crippen LogP contribution in [0.3, 0.4) is 0 Å². The van der Waals surface area contributed by atoms with Gasteiger partial charge in [0, 0.05) is 35.4 Å². The summed E-state index contributed by atoms with van der Waals surface area (Å²) in [4.78, 5) is 35.7. The van der Waals surface area contributed by atoms with Crippen LogP contribution >= 0.6 is 11.8 Å². The van der Waals surface area contributed by atoms with Crippen LogP contribution in [0.25, 0.3) is 17.1 Å². The van der Waals surface area contributed by atoms with Crippen LogP contribution in [0.4, 0.5) is 5.69 Å². The summed E-state index contributed by atoms with van der Waals surface area (Å²) in [6, 6.07) is 16.7. The Bertz CT molecular complexity index is 1290. The molecule has 0 saturated heterocycles. The molecule has 4 rings (SSSR count). The third-order valence-electron chi connectivity index (χ3n) is 4.60. The number of para-hydroxylation sites is 1. The number of H-pyrrole nitrogens is 1. The van der Waals surface area contributed by atoms with Crippen LogP contribution in [0.5, 0.6) is 0 Å². The number of benzene rings is 2. The molecule has 0 bridgehead atoms. The summed E-state index contributed by atoms with van der Waals surface area (Å²) in [7, 11) is 0. The minimum absolute atomic E-state index is 0.146. The summed E-state index contributed by atoms with van der Waals surface area (Å²) in [6.45, 7) is 3.81. The number of aromatic nitrogens is 4. The number of aromatic amines is 1. The third-order valence-corrected chi connectivity index (χ3v) is 5.57. The predicted molar refractivity (Wildman–Crippen MR) is 123 cm³/mol. The van der Waals surface area contributed by atoms with Crippen molar-refractivity contribution in [3.8, 4) is 17.1 Å². The highest BCUT2D eigenvalue weighted by Gasteiger charge is 2.11. The molecule has 8 heteroatoms. The Morgan fingerprint density at radius 1 is 1.13 bits per heavy atom. The van der Waals surface area contributed by atoms with Gasteiger partial charge in [-0.3, -0.25) is 14.2 Å². The average molecular weight is 432 g/mol. The van der Waals surface area contributed by atoms with E-state index in [-0.39, 0.29) is 17.2 Å². The van der Waals surface area contributed by atoms with Crippen molar-refractivity contribution >= 4 is 23.4 Å². The number of anilines is 1. The second kappa shape index (κ2) is 9.01. The van der Waals surface area contributed by atoms with Crippen LogP contribution in [0, 0.1) is 13.8 Å². The van der Waals surface area contributed by atoms with Gasteiger partial charge < -0.3 is 10.3 Å². The van der Waals surface area contributed by atoms with E-state index < -0.39 is 0 Å². The molecule has 31 heavy (non-hydrogen) atoms. The maximum Gasteiger partial charge on any atom is 0.251 e. The quantitative estimate of drug-likeness (QED) is 0.451. The van der Waals surface area contributed by atoms with E-state index in [0.717, 1.165) is 22.0 Å². The number of rotatable bonds is 6. The summed E-state index contributed by atoms with van der Waals surface area (Å²) in [6.07, 6.45) is 3.62. The number of amides is 1. The first-order valence-corrected chi connectivity index (χ1v) is 10.7. The minimum atomic E-state index is -0.211. The molecular formula is C23H21N5O2S. The maximum atomic E-state index is 12.5. The zero-order valence-electron chi connectivity index (χ0n) is 17.1. The number of carbonyl (C=O) groups excluding carboxylic acids is 1. The van der Waals surface area contributed by atoms with E-state index in [1.54, 1.807) is 25.3 Å². The number of aryl methyl sites for hydroxylation is 2. The molecule has 0 unspecified atom stereocenters. The van der Waals surface area contributed by atoms with Crippen LogP contribution in [-0.4, -0.2) is 31.2 Å². The highest BCUT2D eigenvalue weighted by Crippen LogP contribution is 2.23. The lowest BCUT2D eigenvalue weighted by Crippen LogP contribution is -2.15. The van der Waals surface area contributed by atoms with Gasteiger partial charge in [-0.05, 0) is 37.6 Å². The van der Waals surface area contributed by atoms with Crippen LogP contribution < -0.4 is 10.9 Å². The van der Waals surface area contributed by atoms with Crippen molar-refractivity contribution in [3.05, 3.63) is 88.6 Å². The highest BCUT2D eigenvalue weighted by molar-refractivity contribution is 7.99. The summed E-state index contributed by atoms with van der Waals surface area (Å²) in [5.74, 6) is 0.537. The molecule has 156 valence electrons. The smallest absolute Gasteiger partial charge is 0.251 e. The van der Waals surface area contributed by atoms with Gasteiger partial charge in [0.25, 0.3) is 5.56 Å². The number of nitrogens with one attached hydrogen (secondary N) is 2. The summed E-state index contributed by atoms with van der Waals surface area (Å²) in [5.41, 5.74) is 3.95. The summed E-state index contributed by atoms with van der Waals surface area (Å²) >= 11 is 1.37. The van der Waals surface area contributed by atoms with Gasteiger partial charge >= 0.3 is 0 Å². The van der Waals surface area contributed by atoms with E-state index in [1.807, 2.05) is 54.1 Å². The Balaban J connectivity index is 1.44. The molecule has 0 atom stereocenters. The molecule has 2 N–H and O–H groups in total. The van der Waals surface area contributed by atoms with E-state index in [9.17, 15) is 9.59 Å². The first kappa shape index (κ1) is 20.6. The van der Waals surface area contributed by atoms with Crippen molar-refractivity contribution in [2.45, 2.75) is 19.0 Å². The fourth-order valence-corrected chi connectivity index (χ4v) is 3.97. The van der Waals surface area contributed by atoms with E-state index in [2.05, 4.69) is 20.3 Å². The van der Waals surface area contributed by atoms with Crippen LogP contribution in [0.2, 0.25) is 0 Å². The van der Waals surface area contributed by atoms with Crippen LogP contribution in [-0.2, 0) is 4.79 Å². The fraction of sp³-hybridized carbons (Fsp3) is 0.130. The van der Waals surface area contributed by atoms with E-state index in [1.165, 1.54) is 17.8 Å². The molecule has 7 nitrogen and oxygen atoms in total. The van der Waals surface area contributed by atoms with E-state index >= 15 is 0 Å². The molecule has 2 aromatic heterocycles. The zero-order valence-corrected chi connectivity index (χ0v) is 17.9. The second-order valence-electron chi connectivity index (χ2n) is 7.02. The van der Waals surface area contributed by atoms with Gasteiger partial charge in [-0.15, -0.1) is 0 Å². The lowest BCUT2D eigenvalue weighted by Gasteiger charge is -2.10. The maximum absolute atomic E-state index is 12.5. The van der Waals surface area contributed by atoms with Gasteiger partial charge in [-0.25, -0.2) is 9.97 Å². The van der Waals surface area contributed by atoms with Crippen molar-refractivity contribution in [1.82, 2.24) is 19.5 Å². The van der Waals surface area contributed by atoms with Gasteiger partial charge in [0.2, 0.25) is 5.91 Å². The average Bonchev–Trinajstić information content (AvgIpc) is 3.20. The number of hydrogen-bond acceptors (Lipinski definition) is 5. The summed E-state index contributed by atoms with van der Waals surface area (Å²) < 4.78 is 1.98. The number of carbonyl (C=O) groups is 1. The first-order valence-electron chi connectivity index (χ1n) is 9.70. The number of thioether (sulfide) groups is 1. The SMILES string of the molecule is Cc1cc(=O)[nH]c(-c2cccc(NC(=O)CSc3nccn3-c3ccccc3C)c2)n1. The minimum Gasteiger partial charge on any atom is -0.325 e. The Morgan fingerprint density at radius 3 is 2.77 bits per heavy atom. The predicted octanol–water partition coefficient (Wildman–Crippen LogP) is 3.97. The fourth-order valence-electron chi connectivity index (χ4n) is 3.20. The molecule has 0 aliphatic carbocycles. The first-order chi connectivity index (χ1) is 15.0. The Morgan fingerprint density at radius 2 is 1.97 bits per heavy atom. The zero-order chi connectivity index (χ0) is 21.8. The summed E-state index contributed by atoms with van der Waals surface area (Å²) in [5, 5.41) is 3.65. The van der Waals surface area contributed by atoms with Gasteiger partial charge in [-0.2, -0.15) is 0 Å². The Labute approximate surface area is 183 Å². The van der Waals surface area contributed by atoms with Crippen molar-refractivity contribution in [2.24, 2.45) is 0 Å². The second-order valence-corrected chi connectivity index (χ2v) is 7.96. The van der Waals surface area contributed by atoms with Crippen molar-refractivity contribution in [1.29, 1.82) is 0 Å². The van der Waals surface area contributed by atoms with Gasteiger partial charge in [0.15, 0.2) is 5.16 Å². The van der Waals surface area contributed by atoms with Crippen molar-refractivity contribution in [2.75, 3.05) is 11.1 Å². The van der Waals surface area contributed by atoms with E-state index in [4.69, 9.17) is 0 Å². The van der Waals surface area contributed by atoms with Gasteiger partial charge in [-0.1, -0.05) is 42.1 Å². The molecule has 0 radical (unpaired) electrons. The molecular weight excluding hydrogens is 410 g/mol. The Kier molecular flexibility index (Phi) is 5.99. The van der Waals surface area contributed by atoms with Crippen LogP contribution in [0.1, 0.15) is 11.3 Å². The largest absolute Gasteiger partial charge is 0.325 e. The molecule has 4 aromatic rings. The van der Waals surface area contributed by atoms with E-state index in [0.29, 0.717) is 17.2 Å². The van der Waals surface area contributed by atoms with Crippen LogP contribution in [0.15, 0.2) is 76.9 Å². The normalized spacial score (nSPS) is 10.8. The number of nitrogens with zero attached hydrogens (tertiary/aromatic N) is 3. The number of hydrogen-bond donors (Lipinski definition) is 2. The molecule has 2 aromatic carbocycles. The molecule has 2 heterocycles. The lowest BCUT2D eigenvalue weighted by molar-refractivity contribution is -0.113. The standard InChI is InChI=1S/C23H21N5O2S/c1-15-6-3-4-9-19(15)28-11-10-24-23(28)31-14-21(30)26-18-8-5-7-17(13-18)22-25-16(2)12-20(29)27-22/h3-13H,14H2,1-2H3,(H,26,30)(H,25,27,29). The molecule has 0 saturated carbocycles. The van der Waals surface area contributed by atoms with Crippen molar-refractivity contribution < 1.29 is 4.79 Å². The topological polar surface area (TPSA) is 92.7 Å². The molecule has 0 aliphatic heterocycles. The molecule has 0 spiro atoms. The Hall–Kier alpha value is -3.65. The van der Waals surface area contributed by atoms with Crippen molar-refractivity contribution in [3.63, 3.8) is 0 Å². The van der Waals surface area contributed by atoms with Gasteiger partial charge in [0.05, 0.1) is 11.4 Å². The molecule has 1 amide bonds. The number of imidazole rings is 1. The highest BCUT2D eigenvalue weighted by atomic mass is 32.2.